The summed E-state index contributed by atoms with van der Waals surface area (Å²) in [5, 5.41) is 9.13. The number of rotatable bonds is 2. The number of fused-ring (bicyclic) bond motifs is 1. The topological polar surface area (TPSA) is 54.6 Å². The minimum atomic E-state index is -0.930. The van der Waals surface area contributed by atoms with E-state index in [1.165, 1.54) is 0 Å². The summed E-state index contributed by atoms with van der Waals surface area (Å²) >= 11 is 0. The first-order chi connectivity index (χ1) is 7.03. The van der Waals surface area contributed by atoms with Gasteiger partial charge in [0.2, 0.25) is 0 Å². The average molecular weight is 204 g/mol. The quantitative estimate of drug-likeness (QED) is 0.810. The summed E-state index contributed by atoms with van der Waals surface area (Å²) in [5.74, 6) is -0.854. The molecule has 0 spiro atoms. The van der Waals surface area contributed by atoms with Gasteiger partial charge in [0.05, 0.1) is 11.9 Å². The maximum absolute atomic E-state index is 11.1. The van der Waals surface area contributed by atoms with Gasteiger partial charge >= 0.3 is 5.97 Å². The van der Waals surface area contributed by atoms with Crippen LogP contribution < -0.4 is 0 Å². The molecule has 4 nitrogen and oxygen atoms in total. The second-order valence-corrected chi connectivity index (χ2v) is 4.00. The fourth-order valence-corrected chi connectivity index (χ4v) is 1.50. The molecule has 0 radical (unpaired) electrons. The van der Waals surface area contributed by atoms with E-state index in [9.17, 15) is 4.79 Å². The van der Waals surface area contributed by atoms with E-state index in [1.807, 2.05) is 24.4 Å². The fraction of sp³-hybridized carbons (Fsp3) is 0.273. The summed E-state index contributed by atoms with van der Waals surface area (Å²) in [4.78, 5) is 15.3. The monoisotopic (exact) mass is 204 g/mol. The number of imidazole rings is 1. The molecule has 1 N–H and O–H groups in total. The van der Waals surface area contributed by atoms with Crippen LogP contribution in [0.5, 0.6) is 0 Å². The fourth-order valence-electron chi connectivity index (χ4n) is 1.50. The third kappa shape index (κ3) is 1.38. The Morgan fingerprint density at radius 3 is 2.87 bits per heavy atom. The summed E-state index contributed by atoms with van der Waals surface area (Å²) in [7, 11) is 0. The highest BCUT2D eigenvalue weighted by Crippen LogP contribution is 2.23. The lowest BCUT2D eigenvalue weighted by atomic mass is 9.90. The van der Waals surface area contributed by atoms with Crippen molar-refractivity contribution in [2.45, 2.75) is 19.3 Å². The van der Waals surface area contributed by atoms with Gasteiger partial charge in [-0.2, -0.15) is 0 Å². The third-order valence-corrected chi connectivity index (χ3v) is 2.59. The molecule has 2 aromatic heterocycles. The maximum Gasteiger partial charge on any atom is 0.315 e. The molecule has 78 valence electrons. The molecule has 4 heteroatoms. The van der Waals surface area contributed by atoms with Crippen LogP contribution in [0.25, 0.3) is 5.65 Å². The summed E-state index contributed by atoms with van der Waals surface area (Å²) in [6.07, 6.45) is 3.44. The second kappa shape index (κ2) is 3.08. The minimum absolute atomic E-state index is 0.686. The van der Waals surface area contributed by atoms with Crippen LogP contribution >= 0.6 is 0 Å². The van der Waals surface area contributed by atoms with Gasteiger partial charge in [-0.1, -0.05) is 6.07 Å². The first-order valence-corrected chi connectivity index (χ1v) is 4.69. The molecule has 0 saturated heterocycles. The number of carboxylic acids is 1. The van der Waals surface area contributed by atoms with Crippen molar-refractivity contribution in [2.75, 3.05) is 0 Å². The Labute approximate surface area is 87.2 Å². The van der Waals surface area contributed by atoms with Gasteiger partial charge in [-0.25, -0.2) is 4.98 Å². The van der Waals surface area contributed by atoms with Crippen LogP contribution in [0.3, 0.4) is 0 Å². The van der Waals surface area contributed by atoms with Crippen LogP contribution in [0.1, 0.15) is 19.5 Å². The zero-order valence-corrected chi connectivity index (χ0v) is 8.64. The number of hydrogen-bond acceptors (Lipinski definition) is 2. The summed E-state index contributed by atoms with van der Waals surface area (Å²) in [6, 6.07) is 5.58. The van der Waals surface area contributed by atoms with Gasteiger partial charge in [0.15, 0.2) is 0 Å². The van der Waals surface area contributed by atoms with Crippen LogP contribution in [0.2, 0.25) is 0 Å². The number of nitrogens with zero attached hydrogens (tertiary/aromatic N) is 2. The predicted molar refractivity (Wildman–Crippen MR) is 55.9 cm³/mol. The molecular weight excluding hydrogens is 192 g/mol. The second-order valence-electron chi connectivity index (χ2n) is 4.00. The number of pyridine rings is 1. The van der Waals surface area contributed by atoms with Gasteiger partial charge in [-0.3, -0.25) is 4.79 Å². The van der Waals surface area contributed by atoms with Gasteiger partial charge in [-0.15, -0.1) is 0 Å². The van der Waals surface area contributed by atoms with E-state index in [-0.39, 0.29) is 0 Å². The van der Waals surface area contributed by atoms with E-state index in [1.54, 1.807) is 24.4 Å². The van der Waals surface area contributed by atoms with Gasteiger partial charge in [0.25, 0.3) is 0 Å². The standard InChI is InChI=1S/C11H12N2O2/c1-11(2,10(14)15)8-7-12-9-5-3-4-6-13(8)9/h3-7H,1-2H3,(H,14,15). The van der Waals surface area contributed by atoms with Crippen LogP contribution in [-0.2, 0) is 10.2 Å². The van der Waals surface area contributed by atoms with Gasteiger partial charge in [-0.05, 0) is 26.0 Å². The molecule has 0 bridgehead atoms. The lowest BCUT2D eigenvalue weighted by molar-refractivity contribution is -0.142. The summed E-state index contributed by atoms with van der Waals surface area (Å²) in [5.41, 5.74) is 0.522. The van der Waals surface area contributed by atoms with Crippen LogP contribution in [0.4, 0.5) is 0 Å². The van der Waals surface area contributed by atoms with Crippen LogP contribution in [0, 0.1) is 0 Å². The molecule has 2 heterocycles. The highest BCUT2D eigenvalue weighted by molar-refractivity contribution is 5.79. The Bertz CT molecular complexity index is 514. The van der Waals surface area contributed by atoms with E-state index in [2.05, 4.69) is 4.98 Å². The molecule has 15 heavy (non-hydrogen) atoms. The summed E-state index contributed by atoms with van der Waals surface area (Å²) in [6.45, 7) is 3.34. The molecule has 0 aliphatic rings. The van der Waals surface area contributed by atoms with E-state index >= 15 is 0 Å². The van der Waals surface area contributed by atoms with Gasteiger partial charge in [0, 0.05) is 6.20 Å². The molecule has 0 aliphatic heterocycles. The highest BCUT2D eigenvalue weighted by Gasteiger charge is 2.32. The normalized spacial score (nSPS) is 11.9. The Kier molecular flexibility index (Phi) is 2.00. The smallest absolute Gasteiger partial charge is 0.315 e. The molecule has 0 aromatic carbocycles. The number of hydrogen-bond donors (Lipinski definition) is 1. The van der Waals surface area contributed by atoms with Crippen LogP contribution in [-0.4, -0.2) is 20.5 Å². The number of aromatic nitrogens is 2. The van der Waals surface area contributed by atoms with Gasteiger partial charge in [0.1, 0.15) is 11.1 Å². The third-order valence-electron chi connectivity index (χ3n) is 2.59. The minimum Gasteiger partial charge on any atom is -0.481 e. The molecule has 0 unspecified atom stereocenters. The van der Waals surface area contributed by atoms with Crippen molar-refractivity contribution >= 4 is 11.6 Å². The first-order valence-electron chi connectivity index (χ1n) is 4.69. The molecule has 0 aliphatic carbocycles. The van der Waals surface area contributed by atoms with Crippen molar-refractivity contribution in [3.63, 3.8) is 0 Å². The molecule has 2 aromatic rings. The van der Waals surface area contributed by atoms with E-state index in [0.29, 0.717) is 5.69 Å². The van der Waals surface area contributed by atoms with Crippen molar-refractivity contribution in [3.8, 4) is 0 Å². The SMILES string of the molecule is CC(C)(C(=O)O)c1cnc2ccccn12. The Balaban J connectivity index is 2.67. The molecule has 0 saturated carbocycles. The van der Waals surface area contributed by atoms with Crippen molar-refractivity contribution in [3.05, 3.63) is 36.3 Å². The largest absolute Gasteiger partial charge is 0.481 e. The Hall–Kier alpha value is -1.84. The van der Waals surface area contributed by atoms with Crippen molar-refractivity contribution < 1.29 is 9.90 Å². The van der Waals surface area contributed by atoms with E-state index < -0.39 is 11.4 Å². The predicted octanol–water partition coefficient (Wildman–Crippen LogP) is 1.70. The molecule has 2 rings (SSSR count). The number of carboxylic acid groups (broad SMARTS) is 1. The van der Waals surface area contributed by atoms with Crippen LogP contribution in [0.15, 0.2) is 30.6 Å². The first kappa shape index (κ1) is 9.71. The molecule has 0 amide bonds. The zero-order chi connectivity index (χ0) is 11.1. The number of aliphatic carboxylic acids is 1. The van der Waals surface area contributed by atoms with Crippen molar-refractivity contribution in [1.29, 1.82) is 0 Å². The lowest BCUT2D eigenvalue weighted by Crippen LogP contribution is -2.29. The Morgan fingerprint density at radius 2 is 2.20 bits per heavy atom. The number of carbonyl (C=O) groups is 1. The highest BCUT2D eigenvalue weighted by atomic mass is 16.4. The molecular formula is C11H12N2O2. The van der Waals surface area contributed by atoms with Crippen molar-refractivity contribution in [2.24, 2.45) is 0 Å². The average Bonchev–Trinajstić information content (AvgIpc) is 2.61. The summed E-state index contributed by atoms with van der Waals surface area (Å²) < 4.78 is 1.80. The van der Waals surface area contributed by atoms with E-state index in [4.69, 9.17) is 5.11 Å². The van der Waals surface area contributed by atoms with Crippen molar-refractivity contribution in [1.82, 2.24) is 9.38 Å². The molecule has 0 atom stereocenters. The van der Waals surface area contributed by atoms with Gasteiger partial charge < -0.3 is 9.51 Å². The maximum atomic E-state index is 11.1. The van der Waals surface area contributed by atoms with E-state index in [0.717, 1.165) is 5.65 Å². The lowest BCUT2D eigenvalue weighted by Gasteiger charge is -2.18. The zero-order valence-electron chi connectivity index (χ0n) is 8.64. The molecule has 0 fully saturated rings. The Morgan fingerprint density at radius 1 is 1.47 bits per heavy atom.